The second-order valence-electron chi connectivity index (χ2n) is 4.18. The third-order valence-corrected chi connectivity index (χ3v) is 4.33. The lowest BCUT2D eigenvalue weighted by Crippen LogP contribution is -2.31. The van der Waals surface area contributed by atoms with Gasteiger partial charge in [-0.1, -0.05) is 18.7 Å². The van der Waals surface area contributed by atoms with E-state index in [-0.39, 0.29) is 23.5 Å². The summed E-state index contributed by atoms with van der Waals surface area (Å²) >= 11 is 2.49. The smallest absolute Gasteiger partial charge is 0.236 e. The van der Waals surface area contributed by atoms with E-state index < -0.39 is 0 Å². The van der Waals surface area contributed by atoms with Gasteiger partial charge in [0.15, 0.2) is 5.13 Å². The molecule has 2 rings (SSSR count). The van der Waals surface area contributed by atoms with E-state index in [1.807, 2.05) is 6.92 Å². The van der Waals surface area contributed by atoms with Crippen molar-refractivity contribution in [3.05, 3.63) is 22.2 Å². The van der Waals surface area contributed by atoms with Crippen molar-refractivity contribution in [3.8, 4) is 6.07 Å². The van der Waals surface area contributed by atoms with Crippen LogP contribution in [0.25, 0.3) is 0 Å². The molecule has 2 N–H and O–H groups in total. The summed E-state index contributed by atoms with van der Waals surface area (Å²) in [6, 6.07) is 2.10. The number of thioether (sulfide) groups is 1. The summed E-state index contributed by atoms with van der Waals surface area (Å²) in [6.07, 6.45) is 1.91. The van der Waals surface area contributed by atoms with Crippen molar-refractivity contribution in [3.63, 3.8) is 0 Å². The van der Waals surface area contributed by atoms with Gasteiger partial charge in [-0.3, -0.25) is 9.59 Å². The van der Waals surface area contributed by atoms with E-state index in [4.69, 9.17) is 5.26 Å². The van der Waals surface area contributed by atoms with Crippen LogP contribution in [-0.4, -0.2) is 22.6 Å². The minimum Gasteiger partial charge on any atom is -0.320 e. The van der Waals surface area contributed by atoms with Gasteiger partial charge in [0, 0.05) is 23.9 Å². The highest BCUT2D eigenvalue weighted by Crippen LogP contribution is 2.28. The number of thiazole rings is 1. The third kappa shape index (κ3) is 3.59. The van der Waals surface area contributed by atoms with Crippen LogP contribution in [0.1, 0.15) is 13.3 Å². The van der Waals surface area contributed by atoms with E-state index in [2.05, 4.69) is 21.7 Å². The first-order valence-corrected chi connectivity index (χ1v) is 7.73. The lowest BCUT2D eigenvalue weighted by atomic mass is 9.96. The molecule has 104 valence electrons. The molecule has 1 unspecified atom stereocenters. The second-order valence-corrected chi connectivity index (χ2v) is 6.06. The van der Waals surface area contributed by atoms with Crippen molar-refractivity contribution in [1.29, 1.82) is 5.26 Å². The molecule has 1 atom stereocenters. The van der Waals surface area contributed by atoms with E-state index in [1.165, 1.54) is 11.3 Å². The van der Waals surface area contributed by atoms with Crippen molar-refractivity contribution in [2.24, 2.45) is 5.92 Å². The molecule has 0 bridgehead atoms. The minimum atomic E-state index is -0.220. The number of carbonyl (C=O) groups is 2. The number of aromatic nitrogens is 1. The molecule has 0 spiro atoms. The monoisotopic (exact) mass is 308 g/mol. The molecular formula is C12H12N4O2S2. The van der Waals surface area contributed by atoms with Crippen LogP contribution in [0.4, 0.5) is 5.13 Å². The molecule has 1 aromatic rings. The van der Waals surface area contributed by atoms with Gasteiger partial charge in [0.05, 0.1) is 22.4 Å². The normalized spacial score (nSPS) is 18.4. The average Bonchev–Trinajstić information content (AvgIpc) is 2.88. The third-order valence-electron chi connectivity index (χ3n) is 2.63. The average molecular weight is 308 g/mol. The van der Waals surface area contributed by atoms with Crippen molar-refractivity contribution in [2.45, 2.75) is 13.3 Å². The van der Waals surface area contributed by atoms with Crippen LogP contribution in [0.3, 0.4) is 0 Å². The van der Waals surface area contributed by atoms with Crippen LogP contribution in [0.15, 0.2) is 22.2 Å². The standard InChI is InChI=1S/C12H12N4O2S2/c1-7-4-9(17)15-11(8(7)5-13)20-6-10(18)16-12-14-2-3-19-12/h2-3,7H,4,6H2,1H3,(H,15,17)(H,14,16,18). The van der Waals surface area contributed by atoms with Gasteiger partial charge in [-0.15, -0.1) is 11.3 Å². The molecule has 1 aliphatic heterocycles. The van der Waals surface area contributed by atoms with Gasteiger partial charge >= 0.3 is 0 Å². The van der Waals surface area contributed by atoms with Gasteiger partial charge in [-0.25, -0.2) is 4.98 Å². The maximum absolute atomic E-state index is 11.7. The maximum Gasteiger partial charge on any atom is 0.236 e. The number of nitrogens with one attached hydrogen (secondary N) is 2. The molecule has 0 radical (unpaired) electrons. The summed E-state index contributed by atoms with van der Waals surface area (Å²) in [5.74, 6) is -0.340. The minimum absolute atomic E-state index is 0.113. The highest BCUT2D eigenvalue weighted by Gasteiger charge is 2.25. The number of amides is 2. The Balaban J connectivity index is 1.96. The Bertz CT molecular complexity index is 589. The van der Waals surface area contributed by atoms with E-state index in [0.29, 0.717) is 22.2 Å². The Morgan fingerprint density at radius 1 is 1.75 bits per heavy atom. The number of hydrogen-bond acceptors (Lipinski definition) is 6. The molecule has 20 heavy (non-hydrogen) atoms. The van der Waals surface area contributed by atoms with Crippen molar-refractivity contribution < 1.29 is 9.59 Å². The Kier molecular flexibility index (Phi) is 4.76. The van der Waals surface area contributed by atoms with Crippen LogP contribution < -0.4 is 10.6 Å². The fourth-order valence-corrected chi connectivity index (χ4v) is 3.18. The maximum atomic E-state index is 11.7. The summed E-state index contributed by atoms with van der Waals surface area (Å²) in [5.41, 5.74) is 0.525. The Hall–Kier alpha value is -1.85. The SMILES string of the molecule is CC1CC(=O)NC(SCC(=O)Nc2nccs2)=C1C#N. The van der Waals surface area contributed by atoms with Crippen LogP contribution in [0.2, 0.25) is 0 Å². The predicted octanol–water partition coefficient (Wildman–Crippen LogP) is 1.71. The van der Waals surface area contributed by atoms with E-state index in [1.54, 1.807) is 11.6 Å². The topological polar surface area (TPSA) is 94.9 Å². The lowest BCUT2D eigenvalue weighted by Gasteiger charge is -2.21. The zero-order valence-corrected chi connectivity index (χ0v) is 12.3. The van der Waals surface area contributed by atoms with Gasteiger partial charge in [-0.2, -0.15) is 5.26 Å². The first-order valence-electron chi connectivity index (χ1n) is 5.86. The first kappa shape index (κ1) is 14.6. The van der Waals surface area contributed by atoms with Gasteiger partial charge in [0.25, 0.3) is 0 Å². The number of allylic oxidation sites excluding steroid dienone is 1. The Morgan fingerprint density at radius 2 is 2.55 bits per heavy atom. The highest BCUT2D eigenvalue weighted by atomic mass is 32.2. The Morgan fingerprint density at radius 3 is 3.20 bits per heavy atom. The number of rotatable bonds is 4. The number of hydrogen-bond donors (Lipinski definition) is 2. The molecule has 0 aliphatic carbocycles. The van der Waals surface area contributed by atoms with E-state index in [0.717, 1.165) is 11.8 Å². The molecule has 0 saturated carbocycles. The van der Waals surface area contributed by atoms with Gasteiger partial charge in [0.1, 0.15) is 0 Å². The molecule has 6 nitrogen and oxygen atoms in total. The fourth-order valence-electron chi connectivity index (χ4n) is 1.70. The van der Waals surface area contributed by atoms with Crippen LogP contribution in [0.5, 0.6) is 0 Å². The Labute approximate surface area is 124 Å². The molecule has 0 saturated heterocycles. The number of nitriles is 1. The summed E-state index contributed by atoms with van der Waals surface area (Å²) in [6.45, 7) is 1.83. The van der Waals surface area contributed by atoms with Crippen molar-refractivity contribution in [2.75, 3.05) is 11.1 Å². The van der Waals surface area contributed by atoms with Gasteiger partial charge in [-0.05, 0) is 0 Å². The summed E-state index contributed by atoms with van der Waals surface area (Å²) in [4.78, 5) is 27.1. The molecular weight excluding hydrogens is 296 g/mol. The van der Waals surface area contributed by atoms with Crippen LogP contribution in [0, 0.1) is 17.2 Å². The molecule has 2 amide bonds. The number of carbonyl (C=O) groups excluding carboxylic acids is 2. The van der Waals surface area contributed by atoms with Gasteiger partial charge in [0.2, 0.25) is 11.8 Å². The molecule has 1 aliphatic rings. The molecule has 2 heterocycles. The van der Waals surface area contributed by atoms with Gasteiger partial charge < -0.3 is 10.6 Å². The zero-order chi connectivity index (χ0) is 14.5. The highest BCUT2D eigenvalue weighted by molar-refractivity contribution is 8.03. The molecule has 8 heteroatoms. The fraction of sp³-hybridized carbons (Fsp3) is 0.333. The lowest BCUT2D eigenvalue weighted by molar-refractivity contribution is -0.121. The predicted molar refractivity (Wildman–Crippen MR) is 77.8 cm³/mol. The second kappa shape index (κ2) is 6.54. The first-order chi connectivity index (χ1) is 9.60. The zero-order valence-electron chi connectivity index (χ0n) is 10.7. The molecule has 0 fully saturated rings. The van der Waals surface area contributed by atoms with E-state index in [9.17, 15) is 9.59 Å². The summed E-state index contributed by atoms with van der Waals surface area (Å²) in [5, 5.41) is 17.2. The molecule has 1 aromatic heterocycles. The molecule has 0 aromatic carbocycles. The van der Waals surface area contributed by atoms with Crippen LogP contribution >= 0.6 is 23.1 Å². The van der Waals surface area contributed by atoms with Crippen LogP contribution in [-0.2, 0) is 9.59 Å². The number of nitrogens with zero attached hydrogens (tertiary/aromatic N) is 2. The van der Waals surface area contributed by atoms with E-state index >= 15 is 0 Å². The summed E-state index contributed by atoms with van der Waals surface area (Å²) in [7, 11) is 0. The summed E-state index contributed by atoms with van der Waals surface area (Å²) < 4.78 is 0. The largest absolute Gasteiger partial charge is 0.320 e. The quantitative estimate of drug-likeness (QED) is 0.883. The van der Waals surface area contributed by atoms with Crippen molar-refractivity contribution >= 4 is 40.0 Å². The number of anilines is 1. The van der Waals surface area contributed by atoms with Crippen molar-refractivity contribution in [1.82, 2.24) is 10.3 Å².